The van der Waals surface area contributed by atoms with Crippen LogP contribution >= 0.6 is 12.4 Å². The number of sulfonamides is 1. The van der Waals surface area contributed by atoms with Crippen LogP contribution in [0.2, 0.25) is 0 Å². The molecule has 4 rings (SSSR count). The fraction of sp³-hybridized carbons (Fsp3) is 0.263. The van der Waals surface area contributed by atoms with Crippen molar-refractivity contribution in [1.29, 1.82) is 0 Å². The number of rotatable bonds is 5. The van der Waals surface area contributed by atoms with Gasteiger partial charge in [0.15, 0.2) is 0 Å². The Morgan fingerprint density at radius 3 is 2.68 bits per heavy atom. The van der Waals surface area contributed by atoms with Crippen molar-refractivity contribution in [1.82, 2.24) is 24.4 Å². The number of piperazine rings is 1. The zero-order valence-electron chi connectivity index (χ0n) is 15.2. The summed E-state index contributed by atoms with van der Waals surface area (Å²) in [6, 6.07) is 13.3. The van der Waals surface area contributed by atoms with Gasteiger partial charge in [-0.25, -0.2) is 8.42 Å². The lowest BCUT2D eigenvalue weighted by Gasteiger charge is -2.34. The molecule has 9 heteroatoms. The van der Waals surface area contributed by atoms with Crippen LogP contribution in [0.1, 0.15) is 17.2 Å². The van der Waals surface area contributed by atoms with E-state index in [9.17, 15) is 8.42 Å². The first-order chi connectivity index (χ1) is 13.1. The summed E-state index contributed by atoms with van der Waals surface area (Å²) in [5.74, 6) is 0. The molecule has 1 N–H and O–H groups in total. The molecule has 0 aliphatic carbocycles. The first-order valence-electron chi connectivity index (χ1n) is 8.83. The van der Waals surface area contributed by atoms with Crippen molar-refractivity contribution < 1.29 is 8.42 Å². The van der Waals surface area contributed by atoms with Crippen LogP contribution in [0.3, 0.4) is 0 Å². The number of hydrogen-bond acceptors (Lipinski definition) is 5. The van der Waals surface area contributed by atoms with Crippen LogP contribution in [0.15, 0.2) is 72.1 Å². The first-order valence-corrected chi connectivity index (χ1v) is 10.3. The molecular formula is C19H22ClN5O2S. The molecule has 0 spiro atoms. The second-order valence-corrected chi connectivity index (χ2v) is 8.37. The molecule has 0 radical (unpaired) electrons. The normalized spacial score (nSPS) is 17.8. The topological polar surface area (TPSA) is 80.1 Å². The fourth-order valence-corrected chi connectivity index (χ4v) is 4.87. The van der Waals surface area contributed by atoms with Crippen LogP contribution in [0.5, 0.6) is 0 Å². The molecule has 1 aromatic carbocycles. The molecule has 1 saturated heterocycles. The van der Waals surface area contributed by atoms with E-state index in [-0.39, 0.29) is 23.3 Å². The van der Waals surface area contributed by atoms with E-state index >= 15 is 0 Å². The van der Waals surface area contributed by atoms with Gasteiger partial charge in [-0.15, -0.1) is 12.4 Å². The highest BCUT2D eigenvalue weighted by Gasteiger charge is 2.35. The minimum atomic E-state index is -3.65. The Morgan fingerprint density at radius 2 is 1.93 bits per heavy atom. The fourth-order valence-electron chi connectivity index (χ4n) is 3.30. The predicted molar refractivity (Wildman–Crippen MR) is 109 cm³/mol. The van der Waals surface area contributed by atoms with Gasteiger partial charge in [-0.2, -0.15) is 9.40 Å². The van der Waals surface area contributed by atoms with Crippen LogP contribution < -0.4 is 5.32 Å². The Labute approximate surface area is 170 Å². The van der Waals surface area contributed by atoms with E-state index in [0.717, 1.165) is 11.1 Å². The third kappa shape index (κ3) is 4.25. The van der Waals surface area contributed by atoms with E-state index < -0.39 is 10.0 Å². The van der Waals surface area contributed by atoms with Crippen LogP contribution in [-0.2, 0) is 16.6 Å². The summed E-state index contributed by atoms with van der Waals surface area (Å²) in [5, 5.41) is 7.52. The Bertz CT molecular complexity index is 995. The second kappa shape index (κ2) is 8.83. The third-order valence-corrected chi connectivity index (χ3v) is 6.53. The molecule has 0 bridgehead atoms. The third-order valence-electron chi connectivity index (χ3n) is 4.67. The zero-order chi connectivity index (χ0) is 18.7. The summed E-state index contributed by atoms with van der Waals surface area (Å²) in [4.78, 5) is 4.35. The molecule has 1 unspecified atom stereocenters. The smallest absolute Gasteiger partial charge is 0.246 e. The highest BCUT2D eigenvalue weighted by Crippen LogP contribution is 2.28. The summed E-state index contributed by atoms with van der Waals surface area (Å²) in [5.41, 5.74) is 1.95. The van der Waals surface area contributed by atoms with E-state index in [4.69, 9.17) is 0 Å². The number of benzene rings is 1. The van der Waals surface area contributed by atoms with Gasteiger partial charge in [0.1, 0.15) is 4.90 Å². The quantitative estimate of drug-likeness (QED) is 0.684. The molecule has 0 saturated carbocycles. The van der Waals surface area contributed by atoms with E-state index in [0.29, 0.717) is 26.2 Å². The maximum absolute atomic E-state index is 13.3. The molecule has 0 amide bonds. The summed E-state index contributed by atoms with van der Waals surface area (Å²) in [7, 11) is -3.65. The number of pyridine rings is 1. The SMILES string of the molecule is Cl.O=S(=O)(c1cnn(Cc2ccccc2)c1)N1CCNCC1c1cccnc1. The minimum absolute atomic E-state index is 0. The number of hydrogen-bond donors (Lipinski definition) is 1. The lowest BCUT2D eigenvalue weighted by atomic mass is 10.1. The van der Waals surface area contributed by atoms with Gasteiger partial charge in [0.2, 0.25) is 10.0 Å². The zero-order valence-corrected chi connectivity index (χ0v) is 16.8. The van der Waals surface area contributed by atoms with E-state index in [2.05, 4.69) is 15.4 Å². The van der Waals surface area contributed by atoms with Crippen molar-refractivity contribution in [3.63, 3.8) is 0 Å². The average molecular weight is 420 g/mol. The van der Waals surface area contributed by atoms with Gasteiger partial charge < -0.3 is 5.32 Å². The monoisotopic (exact) mass is 419 g/mol. The summed E-state index contributed by atoms with van der Waals surface area (Å²) < 4.78 is 29.7. The molecule has 28 heavy (non-hydrogen) atoms. The first kappa shape index (κ1) is 20.5. The van der Waals surface area contributed by atoms with Gasteiger partial charge in [-0.3, -0.25) is 9.67 Å². The van der Waals surface area contributed by atoms with Crippen molar-refractivity contribution in [2.24, 2.45) is 0 Å². The maximum Gasteiger partial charge on any atom is 0.246 e. The molecule has 3 heterocycles. The van der Waals surface area contributed by atoms with Gasteiger partial charge >= 0.3 is 0 Å². The Balaban J connectivity index is 0.00000225. The largest absolute Gasteiger partial charge is 0.313 e. The molecule has 1 aliphatic rings. The molecule has 1 aliphatic heterocycles. The number of halogens is 1. The van der Waals surface area contributed by atoms with Crippen LogP contribution in [0.4, 0.5) is 0 Å². The Hall–Kier alpha value is -2.26. The molecule has 3 aromatic rings. The molecule has 7 nitrogen and oxygen atoms in total. The van der Waals surface area contributed by atoms with Crippen molar-refractivity contribution in [3.8, 4) is 0 Å². The maximum atomic E-state index is 13.3. The highest BCUT2D eigenvalue weighted by molar-refractivity contribution is 7.89. The highest BCUT2D eigenvalue weighted by atomic mass is 35.5. The summed E-state index contributed by atoms with van der Waals surface area (Å²) in [6.07, 6.45) is 6.44. The Morgan fingerprint density at radius 1 is 1.11 bits per heavy atom. The Kier molecular flexibility index (Phi) is 6.46. The van der Waals surface area contributed by atoms with Gasteiger partial charge in [0.05, 0.1) is 18.8 Å². The molecule has 148 valence electrons. The molecule has 1 fully saturated rings. The van der Waals surface area contributed by atoms with Crippen molar-refractivity contribution in [2.75, 3.05) is 19.6 Å². The molecular weight excluding hydrogens is 398 g/mol. The predicted octanol–water partition coefficient (Wildman–Crippen LogP) is 2.08. The lowest BCUT2D eigenvalue weighted by molar-refractivity contribution is 0.271. The minimum Gasteiger partial charge on any atom is -0.313 e. The summed E-state index contributed by atoms with van der Waals surface area (Å²) in [6.45, 7) is 2.12. The number of nitrogens with one attached hydrogen (secondary N) is 1. The molecule has 1 atom stereocenters. The van der Waals surface area contributed by atoms with E-state index in [1.54, 1.807) is 27.6 Å². The van der Waals surface area contributed by atoms with Crippen molar-refractivity contribution >= 4 is 22.4 Å². The number of nitrogens with zero attached hydrogens (tertiary/aromatic N) is 4. The number of aromatic nitrogens is 3. The van der Waals surface area contributed by atoms with Gasteiger partial charge in [-0.1, -0.05) is 36.4 Å². The van der Waals surface area contributed by atoms with Crippen molar-refractivity contribution in [3.05, 3.63) is 78.4 Å². The second-order valence-electron chi connectivity index (χ2n) is 6.48. The summed E-state index contributed by atoms with van der Waals surface area (Å²) >= 11 is 0. The molecule has 2 aromatic heterocycles. The van der Waals surface area contributed by atoms with Crippen LogP contribution in [0.25, 0.3) is 0 Å². The lowest BCUT2D eigenvalue weighted by Crippen LogP contribution is -2.48. The van der Waals surface area contributed by atoms with Gasteiger partial charge in [0, 0.05) is 38.2 Å². The van der Waals surface area contributed by atoms with Gasteiger partial charge in [-0.05, 0) is 17.2 Å². The van der Waals surface area contributed by atoms with Gasteiger partial charge in [0.25, 0.3) is 0 Å². The standard InChI is InChI=1S/C19H21N5O2S.ClH/c25-27(26,18-12-22-23(15-18)14-16-5-2-1-3-6-16)24-10-9-21-13-19(24)17-7-4-8-20-11-17;/h1-8,11-12,15,19,21H,9-10,13-14H2;1H. The van der Waals surface area contributed by atoms with Crippen LogP contribution in [0, 0.1) is 0 Å². The van der Waals surface area contributed by atoms with Crippen LogP contribution in [-0.4, -0.2) is 47.1 Å². The van der Waals surface area contributed by atoms with E-state index in [1.165, 1.54) is 6.20 Å². The van der Waals surface area contributed by atoms with Crippen molar-refractivity contribution in [2.45, 2.75) is 17.5 Å². The van der Waals surface area contributed by atoms with E-state index in [1.807, 2.05) is 42.5 Å². The average Bonchev–Trinajstić information content (AvgIpc) is 3.19.